The van der Waals surface area contributed by atoms with Crippen molar-refractivity contribution in [1.82, 2.24) is 14.9 Å². The SMILES string of the molecule is CCCC(NC(=O)Cc1cc(F)cc(F)c1)C(=O)Nc1cn(CC(=O)O)cn1. The van der Waals surface area contributed by atoms with Gasteiger partial charge in [-0.25, -0.2) is 13.8 Å². The van der Waals surface area contributed by atoms with Crippen LogP contribution in [0.4, 0.5) is 14.6 Å². The van der Waals surface area contributed by atoms with E-state index in [2.05, 4.69) is 15.6 Å². The van der Waals surface area contributed by atoms with E-state index in [1.807, 2.05) is 6.92 Å². The molecule has 0 aliphatic rings. The van der Waals surface area contributed by atoms with Crippen molar-refractivity contribution in [1.29, 1.82) is 0 Å². The maximum absolute atomic E-state index is 13.2. The van der Waals surface area contributed by atoms with Gasteiger partial charge in [0.05, 0.1) is 12.7 Å². The topological polar surface area (TPSA) is 113 Å². The molecular formula is C18H20F2N4O4. The number of amides is 2. The van der Waals surface area contributed by atoms with Gasteiger partial charge in [0.2, 0.25) is 11.8 Å². The fourth-order valence-electron chi connectivity index (χ4n) is 2.58. The summed E-state index contributed by atoms with van der Waals surface area (Å²) in [6.45, 7) is 1.53. The molecule has 1 unspecified atom stereocenters. The highest BCUT2D eigenvalue weighted by Gasteiger charge is 2.21. The molecule has 0 saturated heterocycles. The first-order valence-electron chi connectivity index (χ1n) is 8.55. The molecule has 8 nitrogen and oxygen atoms in total. The van der Waals surface area contributed by atoms with Gasteiger partial charge in [-0.05, 0) is 24.1 Å². The number of hydrogen-bond donors (Lipinski definition) is 3. The van der Waals surface area contributed by atoms with E-state index in [-0.39, 0.29) is 24.3 Å². The van der Waals surface area contributed by atoms with Crippen molar-refractivity contribution >= 4 is 23.6 Å². The van der Waals surface area contributed by atoms with Crippen LogP contribution in [0.2, 0.25) is 0 Å². The van der Waals surface area contributed by atoms with Crippen molar-refractivity contribution in [3.8, 4) is 0 Å². The molecule has 2 aromatic rings. The zero-order valence-corrected chi connectivity index (χ0v) is 15.1. The number of carbonyl (C=O) groups excluding carboxylic acids is 2. The monoisotopic (exact) mass is 394 g/mol. The number of imidazole rings is 1. The van der Waals surface area contributed by atoms with Crippen molar-refractivity contribution < 1.29 is 28.3 Å². The second-order valence-corrected chi connectivity index (χ2v) is 6.18. The van der Waals surface area contributed by atoms with Gasteiger partial charge < -0.3 is 20.3 Å². The summed E-state index contributed by atoms with van der Waals surface area (Å²) in [5.74, 6) is -3.57. The summed E-state index contributed by atoms with van der Waals surface area (Å²) in [5, 5.41) is 13.8. The normalized spacial score (nSPS) is 11.7. The third kappa shape index (κ3) is 6.45. The molecule has 2 amide bonds. The first kappa shape index (κ1) is 21.0. The minimum Gasteiger partial charge on any atom is -0.480 e. The molecule has 1 atom stereocenters. The summed E-state index contributed by atoms with van der Waals surface area (Å²) >= 11 is 0. The predicted octanol–water partition coefficient (Wildman–Crippen LogP) is 1.71. The number of carboxylic acid groups (broad SMARTS) is 1. The average molecular weight is 394 g/mol. The molecule has 150 valence electrons. The standard InChI is InChI=1S/C18H20F2N4O4/c1-2-3-14(18(28)23-15-8-24(10-21-15)9-17(26)27)22-16(25)6-11-4-12(19)7-13(20)5-11/h4-5,7-8,10,14H,2-3,6,9H2,1H3,(H,22,25)(H,23,28)(H,26,27). The molecule has 1 aromatic carbocycles. The van der Waals surface area contributed by atoms with Gasteiger partial charge >= 0.3 is 5.97 Å². The third-order valence-electron chi connectivity index (χ3n) is 3.72. The number of carboxylic acids is 1. The minimum atomic E-state index is -1.06. The summed E-state index contributed by atoms with van der Waals surface area (Å²) in [7, 11) is 0. The fraction of sp³-hybridized carbons (Fsp3) is 0.333. The Balaban J connectivity index is 1.98. The van der Waals surface area contributed by atoms with Crippen molar-refractivity contribution in [3.05, 3.63) is 47.9 Å². The van der Waals surface area contributed by atoms with Crippen LogP contribution in [-0.4, -0.2) is 38.5 Å². The van der Waals surface area contributed by atoms with Gasteiger partial charge in [-0.3, -0.25) is 14.4 Å². The second-order valence-electron chi connectivity index (χ2n) is 6.18. The predicted molar refractivity (Wildman–Crippen MR) is 95.4 cm³/mol. The number of nitrogens with one attached hydrogen (secondary N) is 2. The number of benzene rings is 1. The molecule has 28 heavy (non-hydrogen) atoms. The van der Waals surface area contributed by atoms with E-state index in [1.165, 1.54) is 17.1 Å². The number of anilines is 1. The lowest BCUT2D eigenvalue weighted by atomic mass is 10.1. The van der Waals surface area contributed by atoms with Crippen LogP contribution in [0.25, 0.3) is 0 Å². The Bertz CT molecular complexity index is 849. The average Bonchev–Trinajstić information content (AvgIpc) is 2.99. The Hall–Kier alpha value is -3.30. The second kappa shape index (κ2) is 9.58. The van der Waals surface area contributed by atoms with E-state index in [0.29, 0.717) is 18.9 Å². The minimum absolute atomic E-state index is 0.147. The Kier molecular flexibility index (Phi) is 7.19. The van der Waals surface area contributed by atoms with Gasteiger partial charge in [0.25, 0.3) is 0 Å². The zero-order chi connectivity index (χ0) is 20.7. The maximum Gasteiger partial charge on any atom is 0.323 e. The highest BCUT2D eigenvalue weighted by molar-refractivity contribution is 5.96. The van der Waals surface area contributed by atoms with E-state index in [1.54, 1.807) is 0 Å². The van der Waals surface area contributed by atoms with Crippen LogP contribution in [0.1, 0.15) is 25.3 Å². The third-order valence-corrected chi connectivity index (χ3v) is 3.72. The summed E-state index contributed by atoms with van der Waals surface area (Å²) < 4.78 is 27.7. The van der Waals surface area contributed by atoms with E-state index < -0.39 is 35.5 Å². The summed E-state index contributed by atoms with van der Waals surface area (Å²) in [6, 6.07) is 1.93. The van der Waals surface area contributed by atoms with E-state index in [0.717, 1.165) is 12.1 Å². The molecule has 1 aromatic heterocycles. The number of hydrogen-bond acceptors (Lipinski definition) is 4. The molecule has 2 rings (SSSR count). The number of aromatic nitrogens is 2. The molecule has 0 radical (unpaired) electrons. The summed E-state index contributed by atoms with van der Waals surface area (Å²) in [5.41, 5.74) is 0.151. The lowest BCUT2D eigenvalue weighted by molar-refractivity contribution is -0.137. The number of aliphatic carboxylic acids is 1. The van der Waals surface area contributed by atoms with E-state index in [9.17, 15) is 23.2 Å². The molecular weight excluding hydrogens is 374 g/mol. The largest absolute Gasteiger partial charge is 0.480 e. The van der Waals surface area contributed by atoms with Crippen molar-refractivity contribution in [2.75, 3.05) is 5.32 Å². The Morgan fingerprint density at radius 1 is 1.21 bits per heavy atom. The fourth-order valence-corrected chi connectivity index (χ4v) is 2.58. The van der Waals surface area contributed by atoms with Crippen molar-refractivity contribution in [2.45, 2.75) is 38.8 Å². The number of rotatable bonds is 9. The zero-order valence-electron chi connectivity index (χ0n) is 15.1. The molecule has 10 heteroatoms. The molecule has 0 fully saturated rings. The molecule has 1 heterocycles. The Morgan fingerprint density at radius 3 is 2.50 bits per heavy atom. The maximum atomic E-state index is 13.2. The Labute approximate surface area is 159 Å². The lowest BCUT2D eigenvalue weighted by Crippen LogP contribution is -2.44. The molecule has 0 saturated carbocycles. The van der Waals surface area contributed by atoms with E-state index >= 15 is 0 Å². The molecule has 0 aliphatic heterocycles. The number of nitrogens with zero attached hydrogens (tertiary/aromatic N) is 2. The van der Waals surface area contributed by atoms with Gasteiger partial charge in [-0.2, -0.15) is 0 Å². The quantitative estimate of drug-likeness (QED) is 0.599. The van der Waals surface area contributed by atoms with Crippen LogP contribution < -0.4 is 10.6 Å². The van der Waals surface area contributed by atoms with Crippen LogP contribution in [0.3, 0.4) is 0 Å². The van der Waals surface area contributed by atoms with Crippen LogP contribution in [-0.2, 0) is 27.3 Å². The van der Waals surface area contributed by atoms with Gasteiger partial charge in [0.15, 0.2) is 5.82 Å². The highest BCUT2D eigenvalue weighted by atomic mass is 19.1. The Morgan fingerprint density at radius 2 is 1.89 bits per heavy atom. The molecule has 0 spiro atoms. The molecule has 3 N–H and O–H groups in total. The number of carbonyl (C=O) groups is 3. The summed E-state index contributed by atoms with van der Waals surface area (Å²) in [6.07, 6.45) is 3.27. The van der Waals surface area contributed by atoms with Crippen LogP contribution in [0.15, 0.2) is 30.7 Å². The van der Waals surface area contributed by atoms with Gasteiger partial charge in [0.1, 0.15) is 24.2 Å². The lowest BCUT2D eigenvalue weighted by Gasteiger charge is -2.17. The van der Waals surface area contributed by atoms with Gasteiger partial charge in [-0.1, -0.05) is 13.3 Å². The van der Waals surface area contributed by atoms with Crippen LogP contribution >= 0.6 is 0 Å². The first-order valence-corrected chi connectivity index (χ1v) is 8.55. The number of halogens is 2. The highest BCUT2D eigenvalue weighted by Crippen LogP contribution is 2.10. The van der Waals surface area contributed by atoms with E-state index in [4.69, 9.17) is 5.11 Å². The van der Waals surface area contributed by atoms with Gasteiger partial charge in [0, 0.05) is 12.3 Å². The van der Waals surface area contributed by atoms with Crippen molar-refractivity contribution in [2.24, 2.45) is 0 Å². The summed E-state index contributed by atoms with van der Waals surface area (Å²) in [4.78, 5) is 39.2. The molecule has 0 aliphatic carbocycles. The van der Waals surface area contributed by atoms with Gasteiger partial charge in [-0.15, -0.1) is 0 Å². The first-order chi connectivity index (χ1) is 13.3. The van der Waals surface area contributed by atoms with Crippen molar-refractivity contribution in [3.63, 3.8) is 0 Å². The van der Waals surface area contributed by atoms with Crippen LogP contribution in [0.5, 0.6) is 0 Å². The molecule has 0 bridgehead atoms. The van der Waals surface area contributed by atoms with Crippen LogP contribution in [0, 0.1) is 11.6 Å². The smallest absolute Gasteiger partial charge is 0.323 e.